The Hall–Kier alpha value is -2.03. The molecule has 0 aliphatic heterocycles. The lowest BCUT2D eigenvalue weighted by molar-refractivity contribution is 0.103. The van der Waals surface area contributed by atoms with Gasteiger partial charge in [-0.2, -0.15) is 10.2 Å². The van der Waals surface area contributed by atoms with Gasteiger partial charge in [0.2, 0.25) is 0 Å². The minimum Gasteiger partial charge on any atom is -0.289 e. The molecule has 0 bridgehead atoms. The number of aryl methyl sites for hydroxylation is 3. The van der Waals surface area contributed by atoms with Crippen molar-refractivity contribution in [3.05, 3.63) is 58.4 Å². The lowest BCUT2D eigenvalue weighted by Crippen LogP contribution is -2.09. The Kier molecular flexibility index (Phi) is 4.05. The van der Waals surface area contributed by atoms with Crippen LogP contribution < -0.4 is 0 Å². The third kappa shape index (κ3) is 2.87. The number of nitrogens with zero attached hydrogens (tertiary/aromatic N) is 2. The lowest BCUT2D eigenvalue weighted by Gasteiger charge is -2.07. The zero-order valence-electron chi connectivity index (χ0n) is 11.6. The Balaban J connectivity index is 2.40. The van der Waals surface area contributed by atoms with Gasteiger partial charge in [-0.05, 0) is 31.4 Å². The number of ketones is 1. The summed E-state index contributed by atoms with van der Waals surface area (Å²) >= 11 is 0. The van der Waals surface area contributed by atoms with E-state index in [-0.39, 0.29) is 5.78 Å². The summed E-state index contributed by atoms with van der Waals surface area (Å²) in [7, 11) is 0. The second kappa shape index (κ2) is 5.74. The molecule has 2 rings (SSSR count). The Morgan fingerprint density at radius 3 is 2.32 bits per heavy atom. The molecule has 1 aromatic heterocycles. The maximum atomic E-state index is 12.5. The second-order valence-electron chi connectivity index (χ2n) is 4.58. The van der Waals surface area contributed by atoms with Crippen LogP contribution in [0.5, 0.6) is 0 Å². The van der Waals surface area contributed by atoms with E-state index in [0.717, 1.165) is 17.8 Å². The minimum absolute atomic E-state index is 0.0255. The summed E-state index contributed by atoms with van der Waals surface area (Å²) < 4.78 is 0. The van der Waals surface area contributed by atoms with Crippen molar-refractivity contribution in [2.75, 3.05) is 0 Å². The molecule has 0 saturated carbocycles. The predicted octanol–water partition coefficient (Wildman–Crippen LogP) is 3.14. The van der Waals surface area contributed by atoms with Gasteiger partial charge in [-0.15, -0.1) is 0 Å². The van der Waals surface area contributed by atoms with Gasteiger partial charge < -0.3 is 0 Å². The van der Waals surface area contributed by atoms with Crippen molar-refractivity contribution in [2.45, 2.75) is 33.6 Å². The molecule has 0 radical (unpaired) electrons. The zero-order chi connectivity index (χ0) is 13.8. The molecule has 0 spiro atoms. The molecule has 98 valence electrons. The number of rotatable bonds is 4. The van der Waals surface area contributed by atoms with Gasteiger partial charge in [-0.1, -0.05) is 38.1 Å². The number of hydrogen-bond donors (Lipinski definition) is 0. The van der Waals surface area contributed by atoms with E-state index < -0.39 is 0 Å². The molecule has 0 atom stereocenters. The molecule has 2 aromatic rings. The van der Waals surface area contributed by atoms with Crippen LogP contribution in [0.3, 0.4) is 0 Å². The largest absolute Gasteiger partial charge is 0.289 e. The summed E-state index contributed by atoms with van der Waals surface area (Å²) in [6.45, 7) is 5.93. The summed E-state index contributed by atoms with van der Waals surface area (Å²) in [5, 5.41) is 8.12. The molecule has 3 nitrogen and oxygen atoms in total. The summed E-state index contributed by atoms with van der Waals surface area (Å²) in [6, 6.07) is 9.59. The highest BCUT2D eigenvalue weighted by atomic mass is 16.1. The first-order valence-electron chi connectivity index (χ1n) is 6.62. The van der Waals surface area contributed by atoms with Crippen molar-refractivity contribution in [3.8, 4) is 0 Å². The fraction of sp³-hybridized carbons (Fsp3) is 0.312. The van der Waals surface area contributed by atoms with Crippen molar-refractivity contribution < 1.29 is 4.79 Å². The molecule has 0 amide bonds. The molecule has 19 heavy (non-hydrogen) atoms. The van der Waals surface area contributed by atoms with Crippen LogP contribution in [-0.4, -0.2) is 16.0 Å². The van der Waals surface area contributed by atoms with E-state index in [2.05, 4.69) is 17.1 Å². The van der Waals surface area contributed by atoms with Gasteiger partial charge in [-0.3, -0.25) is 4.79 Å². The Labute approximate surface area is 113 Å². The summed E-state index contributed by atoms with van der Waals surface area (Å²) in [4.78, 5) is 12.5. The highest BCUT2D eigenvalue weighted by molar-refractivity contribution is 6.09. The van der Waals surface area contributed by atoms with E-state index in [0.29, 0.717) is 17.5 Å². The maximum Gasteiger partial charge on any atom is 0.194 e. The van der Waals surface area contributed by atoms with E-state index in [9.17, 15) is 4.79 Å². The van der Waals surface area contributed by atoms with E-state index in [4.69, 9.17) is 0 Å². The van der Waals surface area contributed by atoms with Crippen LogP contribution in [0.15, 0.2) is 30.3 Å². The molecule has 0 saturated heterocycles. The van der Waals surface area contributed by atoms with Crippen molar-refractivity contribution in [2.24, 2.45) is 0 Å². The normalized spacial score (nSPS) is 10.5. The van der Waals surface area contributed by atoms with Crippen LogP contribution in [-0.2, 0) is 12.8 Å². The SMILES string of the molecule is CCc1ccc(C(=O)c2cc(C)nnc2CC)cc1. The van der Waals surface area contributed by atoms with Gasteiger partial charge in [0.1, 0.15) is 0 Å². The minimum atomic E-state index is 0.0255. The lowest BCUT2D eigenvalue weighted by atomic mass is 9.99. The third-order valence-electron chi connectivity index (χ3n) is 3.20. The summed E-state index contributed by atoms with van der Waals surface area (Å²) in [5.74, 6) is 0.0255. The van der Waals surface area contributed by atoms with Crippen molar-refractivity contribution in [1.82, 2.24) is 10.2 Å². The molecule has 0 aliphatic carbocycles. The number of benzene rings is 1. The fourth-order valence-electron chi connectivity index (χ4n) is 2.02. The van der Waals surface area contributed by atoms with Crippen molar-refractivity contribution >= 4 is 5.78 Å². The van der Waals surface area contributed by atoms with Crippen LogP contribution in [0, 0.1) is 6.92 Å². The zero-order valence-corrected chi connectivity index (χ0v) is 11.6. The van der Waals surface area contributed by atoms with Crippen LogP contribution in [0.25, 0.3) is 0 Å². The first kappa shape index (κ1) is 13.4. The van der Waals surface area contributed by atoms with Crippen LogP contribution >= 0.6 is 0 Å². The maximum absolute atomic E-state index is 12.5. The molecule has 0 N–H and O–H groups in total. The summed E-state index contributed by atoms with van der Waals surface area (Å²) in [5.41, 5.74) is 4.13. The first-order valence-corrected chi connectivity index (χ1v) is 6.62. The van der Waals surface area contributed by atoms with Gasteiger partial charge in [0, 0.05) is 11.1 Å². The molecule has 0 fully saturated rings. The monoisotopic (exact) mass is 254 g/mol. The topological polar surface area (TPSA) is 42.9 Å². The van der Waals surface area contributed by atoms with Crippen LogP contribution in [0.2, 0.25) is 0 Å². The average Bonchev–Trinajstić information content (AvgIpc) is 2.46. The van der Waals surface area contributed by atoms with Gasteiger partial charge in [0.25, 0.3) is 0 Å². The molecule has 1 heterocycles. The quantitative estimate of drug-likeness (QED) is 0.787. The van der Waals surface area contributed by atoms with Gasteiger partial charge in [0.05, 0.1) is 11.4 Å². The number of aromatic nitrogens is 2. The van der Waals surface area contributed by atoms with E-state index in [1.54, 1.807) is 0 Å². The van der Waals surface area contributed by atoms with E-state index in [1.165, 1.54) is 5.56 Å². The molecular formula is C16H18N2O. The van der Waals surface area contributed by atoms with Crippen LogP contribution in [0.1, 0.15) is 46.7 Å². The third-order valence-corrected chi connectivity index (χ3v) is 3.20. The fourth-order valence-corrected chi connectivity index (χ4v) is 2.02. The standard InChI is InChI=1S/C16H18N2O/c1-4-12-6-8-13(9-7-12)16(19)14-10-11(3)17-18-15(14)5-2/h6-10H,4-5H2,1-3H3. The molecule has 0 aliphatic rings. The van der Waals surface area contributed by atoms with Gasteiger partial charge >= 0.3 is 0 Å². The highest BCUT2D eigenvalue weighted by Crippen LogP contribution is 2.15. The van der Waals surface area contributed by atoms with Gasteiger partial charge in [0.15, 0.2) is 5.78 Å². The summed E-state index contributed by atoms with van der Waals surface area (Å²) in [6.07, 6.45) is 1.69. The van der Waals surface area contributed by atoms with E-state index in [1.807, 2.05) is 44.2 Å². The van der Waals surface area contributed by atoms with Crippen LogP contribution in [0.4, 0.5) is 0 Å². The average molecular weight is 254 g/mol. The molecule has 0 unspecified atom stereocenters. The molecule has 3 heteroatoms. The molecule has 1 aromatic carbocycles. The molecular weight excluding hydrogens is 236 g/mol. The van der Waals surface area contributed by atoms with E-state index >= 15 is 0 Å². The van der Waals surface area contributed by atoms with Gasteiger partial charge in [-0.25, -0.2) is 0 Å². The second-order valence-corrected chi connectivity index (χ2v) is 4.58. The Bertz CT molecular complexity index is 588. The number of carbonyl (C=O) groups is 1. The smallest absolute Gasteiger partial charge is 0.194 e. The van der Waals surface area contributed by atoms with Crippen molar-refractivity contribution in [3.63, 3.8) is 0 Å². The predicted molar refractivity (Wildman–Crippen MR) is 75.4 cm³/mol. The van der Waals surface area contributed by atoms with Crippen molar-refractivity contribution in [1.29, 1.82) is 0 Å². The Morgan fingerprint density at radius 1 is 1.05 bits per heavy atom. The number of hydrogen-bond acceptors (Lipinski definition) is 3. The first-order chi connectivity index (χ1) is 9.15. The Morgan fingerprint density at radius 2 is 1.74 bits per heavy atom. The number of carbonyl (C=O) groups excluding carboxylic acids is 1. The highest BCUT2D eigenvalue weighted by Gasteiger charge is 2.14.